The van der Waals surface area contributed by atoms with Crippen molar-refractivity contribution >= 4 is 17.5 Å². The number of nitrogens with zero attached hydrogens (tertiary/aromatic N) is 2. The second kappa shape index (κ2) is 8.88. The van der Waals surface area contributed by atoms with Gasteiger partial charge < -0.3 is 5.32 Å². The number of alkyl halides is 3. The lowest BCUT2D eigenvalue weighted by Crippen LogP contribution is -2.25. The van der Waals surface area contributed by atoms with E-state index < -0.39 is 17.6 Å². The molecule has 0 atom stereocenters. The van der Waals surface area contributed by atoms with Gasteiger partial charge >= 0.3 is 6.18 Å². The largest absolute Gasteiger partial charge is 0.416 e. The maximum absolute atomic E-state index is 13.0. The van der Waals surface area contributed by atoms with Crippen molar-refractivity contribution in [3.63, 3.8) is 0 Å². The summed E-state index contributed by atoms with van der Waals surface area (Å²) in [6.45, 7) is -0.0653. The molecule has 8 heteroatoms. The van der Waals surface area contributed by atoms with Crippen molar-refractivity contribution in [2.24, 2.45) is 0 Å². The molecule has 0 aliphatic rings. The molecular weight excluding hydrogens is 439 g/mol. The van der Waals surface area contributed by atoms with Gasteiger partial charge in [0.1, 0.15) is 5.69 Å². The molecule has 1 heterocycles. The van der Waals surface area contributed by atoms with Crippen LogP contribution in [0.1, 0.15) is 21.6 Å². The number of benzene rings is 3. The fraction of sp³-hybridized carbons (Fsp3) is 0.0833. The second-order valence-corrected chi connectivity index (χ2v) is 7.43. The van der Waals surface area contributed by atoms with Gasteiger partial charge in [-0.25, -0.2) is 4.68 Å². The van der Waals surface area contributed by atoms with Crippen molar-refractivity contribution in [3.05, 3.63) is 107 Å². The molecule has 0 unspecified atom stereocenters. The normalized spacial score (nSPS) is 11.4. The number of carbonyl (C=O) groups is 1. The minimum absolute atomic E-state index is 0.0653. The van der Waals surface area contributed by atoms with E-state index >= 15 is 0 Å². The van der Waals surface area contributed by atoms with Crippen molar-refractivity contribution in [2.75, 3.05) is 0 Å². The van der Waals surface area contributed by atoms with Gasteiger partial charge in [0.05, 0.1) is 22.0 Å². The standard InChI is InChI=1S/C24H17ClF3N3O/c25-20-12-5-4-11-19(20)21-14-22(31(30-21)18-9-2-1-3-10-18)23(32)29-15-16-7-6-8-17(13-16)24(26,27)28/h1-14H,15H2,(H,29,32). The minimum atomic E-state index is -4.45. The minimum Gasteiger partial charge on any atom is -0.347 e. The molecule has 3 aromatic carbocycles. The monoisotopic (exact) mass is 455 g/mol. The van der Waals surface area contributed by atoms with Gasteiger partial charge in [-0.15, -0.1) is 0 Å². The van der Waals surface area contributed by atoms with Crippen LogP contribution >= 0.6 is 11.6 Å². The third kappa shape index (κ3) is 4.68. The first-order valence-electron chi connectivity index (χ1n) is 9.67. The van der Waals surface area contributed by atoms with Crippen molar-refractivity contribution < 1.29 is 18.0 Å². The Hall–Kier alpha value is -3.58. The molecule has 4 rings (SSSR count). The van der Waals surface area contributed by atoms with Gasteiger partial charge in [-0.2, -0.15) is 18.3 Å². The summed E-state index contributed by atoms with van der Waals surface area (Å²) in [5.74, 6) is -0.475. The summed E-state index contributed by atoms with van der Waals surface area (Å²) in [6.07, 6.45) is -4.45. The number of hydrogen-bond acceptors (Lipinski definition) is 2. The van der Waals surface area contributed by atoms with Crippen LogP contribution in [0.3, 0.4) is 0 Å². The van der Waals surface area contributed by atoms with Gasteiger partial charge in [-0.05, 0) is 42.0 Å². The van der Waals surface area contributed by atoms with E-state index in [2.05, 4.69) is 10.4 Å². The average Bonchev–Trinajstić information content (AvgIpc) is 3.23. The van der Waals surface area contributed by atoms with E-state index in [0.717, 1.165) is 12.1 Å². The fourth-order valence-electron chi connectivity index (χ4n) is 3.24. The highest BCUT2D eigenvalue weighted by Gasteiger charge is 2.30. The highest BCUT2D eigenvalue weighted by molar-refractivity contribution is 6.33. The Balaban J connectivity index is 1.65. The van der Waals surface area contributed by atoms with Gasteiger partial charge in [0.25, 0.3) is 5.91 Å². The van der Waals surface area contributed by atoms with E-state index in [9.17, 15) is 18.0 Å². The van der Waals surface area contributed by atoms with Gasteiger partial charge in [-0.1, -0.05) is 60.1 Å². The van der Waals surface area contributed by atoms with E-state index in [1.165, 1.54) is 16.8 Å². The van der Waals surface area contributed by atoms with E-state index in [0.29, 0.717) is 27.5 Å². The Kier molecular flexibility index (Phi) is 6.01. The number of para-hydroxylation sites is 1. The summed E-state index contributed by atoms with van der Waals surface area (Å²) in [5, 5.41) is 7.73. The lowest BCUT2D eigenvalue weighted by molar-refractivity contribution is -0.137. The summed E-state index contributed by atoms with van der Waals surface area (Å²) in [6, 6.07) is 22.7. The lowest BCUT2D eigenvalue weighted by Gasteiger charge is -2.10. The van der Waals surface area contributed by atoms with Crippen LogP contribution < -0.4 is 5.32 Å². The number of rotatable bonds is 5. The van der Waals surface area contributed by atoms with Crippen LogP contribution in [0.5, 0.6) is 0 Å². The number of halogens is 4. The van der Waals surface area contributed by atoms with Gasteiger partial charge in [0.2, 0.25) is 0 Å². The fourth-order valence-corrected chi connectivity index (χ4v) is 3.47. The first kappa shape index (κ1) is 21.6. The first-order chi connectivity index (χ1) is 15.3. The summed E-state index contributed by atoms with van der Waals surface area (Å²) >= 11 is 6.30. The van der Waals surface area contributed by atoms with Crippen LogP contribution in [0.2, 0.25) is 5.02 Å². The zero-order valence-corrected chi connectivity index (χ0v) is 17.4. The summed E-state index contributed by atoms with van der Waals surface area (Å²) in [7, 11) is 0. The maximum atomic E-state index is 13.0. The summed E-state index contributed by atoms with van der Waals surface area (Å²) < 4.78 is 40.4. The van der Waals surface area contributed by atoms with Gasteiger partial charge in [-0.3, -0.25) is 4.79 Å². The molecule has 1 amide bonds. The molecule has 0 aliphatic heterocycles. The highest BCUT2D eigenvalue weighted by Crippen LogP contribution is 2.30. The number of hydrogen-bond donors (Lipinski definition) is 1. The highest BCUT2D eigenvalue weighted by atomic mass is 35.5. The zero-order valence-electron chi connectivity index (χ0n) is 16.6. The van der Waals surface area contributed by atoms with Crippen molar-refractivity contribution in [1.82, 2.24) is 15.1 Å². The molecule has 0 spiro atoms. The van der Waals surface area contributed by atoms with Crippen LogP contribution in [0.4, 0.5) is 13.2 Å². The van der Waals surface area contributed by atoms with E-state index in [4.69, 9.17) is 11.6 Å². The van der Waals surface area contributed by atoms with E-state index in [1.54, 1.807) is 36.4 Å². The maximum Gasteiger partial charge on any atom is 0.416 e. The predicted molar refractivity (Wildman–Crippen MR) is 117 cm³/mol. The van der Waals surface area contributed by atoms with Gasteiger partial charge in [0.15, 0.2) is 0 Å². The van der Waals surface area contributed by atoms with Gasteiger partial charge in [0, 0.05) is 12.1 Å². The number of aromatic nitrogens is 2. The molecule has 4 nitrogen and oxygen atoms in total. The molecule has 0 saturated carbocycles. The zero-order chi connectivity index (χ0) is 22.7. The molecule has 162 valence electrons. The smallest absolute Gasteiger partial charge is 0.347 e. The van der Waals surface area contributed by atoms with Crippen LogP contribution in [-0.2, 0) is 12.7 Å². The molecule has 0 fully saturated rings. The second-order valence-electron chi connectivity index (χ2n) is 7.02. The van der Waals surface area contributed by atoms with E-state index in [-0.39, 0.29) is 12.2 Å². The number of amides is 1. The van der Waals surface area contributed by atoms with Crippen LogP contribution in [0, 0.1) is 0 Å². The predicted octanol–water partition coefficient (Wildman–Crippen LogP) is 6.14. The van der Waals surface area contributed by atoms with Crippen LogP contribution in [-0.4, -0.2) is 15.7 Å². The molecule has 1 N–H and O–H groups in total. The average molecular weight is 456 g/mol. The van der Waals surface area contributed by atoms with Crippen molar-refractivity contribution in [1.29, 1.82) is 0 Å². The van der Waals surface area contributed by atoms with E-state index in [1.807, 2.05) is 24.3 Å². The number of carbonyl (C=O) groups excluding carboxylic acids is 1. The molecular formula is C24H17ClF3N3O. The molecule has 1 aromatic heterocycles. The third-order valence-electron chi connectivity index (χ3n) is 4.80. The number of nitrogens with one attached hydrogen (secondary N) is 1. The van der Waals surface area contributed by atoms with Crippen molar-refractivity contribution in [2.45, 2.75) is 12.7 Å². The Bertz CT molecular complexity index is 1250. The van der Waals surface area contributed by atoms with Crippen LogP contribution in [0.25, 0.3) is 16.9 Å². The SMILES string of the molecule is O=C(NCc1cccc(C(F)(F)F)c1)c1cc(-c2ccccc2Cl)nn1-c1ccccc1. The third-order valence-corrected chi connectivity index (χ3v) is 5.13. The quantitative estimate of drug-likeness (QED) is 0.393. The summed E-state index contributed by atoms with van der Waals surface area (Å²) in [4.78, 5) is 13.0. The molecule has 4 aromatic rings. The molecule has 0 saturated heterocycles. The Morgan fingerprint density at radius 2 is 1.66 bits per heavy atom. The topological polar surface area (TPSA) is 46.9 Å². The molecule has 32 heavy (non-hydrogen) atoms. The Morgan fingerprint density at radius 1 is 0.938 bits per heavy atom. The molecule has 0 aliphatic carbocycles. The summed E-state index contributed by atoms with van der Waals surface area (Å²) in [5.41, 5.74) is 1.64. The molecule has 0 radical (unpaired) electrons. The van der Waals surface area contributed by atoms with Crippen LogP contribution in [0.15, 0.2) is 84.9 Å². The molecule has 0 bridgehead atoms. The Labute approximate surface area is 187 Å². The first-order valence-corrected chi connectivity index (χ1v) is 10.1. The Morgan fingerprint density at radius 3 is 2.38 bits per heavy atom. The van der Waals surface area contributed by atoms with Crippen molar-refractivity contribution in [3.8, 4) is 16.9 Å². The lowest BCUT2D eigenvalue weighted by atomic mass is 10.1.